The number of rotatable bonds is 3. The molecule has 0 spiro atoms. The van der Waals surface area contributed by atoms with Crippen molar-refractivity contribution in [3.63, 3.8) is 0 Å². The van der Waals surface area contributed by atoms with Gasteiger partial charge in [0.25, 0.3) is 12.3 Å². The third-order valence-corrected chi connectivity index (χ3v) is 5.83. The highest BCUT2D eigenvalue weighted by molar-refractivity contribution is 9.10. The van der Waals surface area contributed by atoms with Crippen molar-refractivity contribution in [2.75, 3.05) is 0 Å². The second-order valence-electron chi connectivity index (χ2n) is 9.00. The molecule has 4 rings (SSSR count). The molecule has 34 heavy (non-hydrogen) atoms. The van der Waals surface area contributed by atoms with Crippen LogP contribution in [0.1, 0.15) is 43.1 Å². The van der Waals surface area contributed by atoms with Gasteiger partial charge in [0, 0.05) is 27.7 Å². The number of nitrogens with zero attached hydrogens (tertiary/aromatic N) is 3. The Balaban J connectivity index is 1.87. The minimum Gasteiger partial charge on any atom is -0.461 e. The van der Waals surface area contributed by atoms with E-state index in [1.807, 2.05) is 0 Å². The molecule has 0 unspecified atom stereocenters. The highest BCUT2D eigenvalue weighted by Crippen LogP contribution is 2.56. The molecule has 1 fully saturated rings. The number of aliphatic imine (C=N–C) groups is 1. The lowest BCUT2D eigenvalue weighted by atomic mass is 9.86. The molecule has 0 saturated heterocycles. The van der Waals surface area contributed by atoms with E-state index in [9.17, 15) is 22.8 Å². The Morgan fingerprint density at radius 3 is 2.56 bits per heavy atom. The normalized spacial score (nSPS) is 23.5. The van der Waals surface area contributed by atoms with Gasteiger partial charge in [-0.3, -0.25) is 4.79 Å². The Morgan fingerprint density at radius 1 is 1.26 bits per heavy atom. The van der Waals surface area contributed by atoms with E-state index in [0.717, 1.165) is 6.20 Å². The van der Waals surface area contributed by atoms with Gasteiger partial charge in [0.2, 0.25) is 5.95 Å². The topological polar surface area (TPSA) is 81.1 Å². The fourth-order valence-corrected chi connectivity index (χ4v) is 4.16. The van der Waals surface area contributed by atoms with Gasteiger partial charge in [0.1, 0.15) is 11.7 Å². The molecule has 2 aromatic rings. The number of amidine groups is 1. The van der Waals surface area contributed by atoms with Gasteiger partial charge < -0.3 is 9.47 Å². The van der Waals surface area contributed by atoms with E-state index in [0.29, 0.717) is 4.90 Å². The first-order chi connectivity index (χ1) is 15.9. The molecule has 0 N–H and O–H groups in total. The van der Waals surface area contributed by atoms with Gasteiger partial charge in [-0.2, -0.15) is 9.29 Å². The van der Waals surface area contributed by atoms with Crippen molar-refractivity contribution in [1.82, 2.24) is 9.88 Å². The van der Waals surface area contributed by atoms with Crippen molar-refractivity contribution >= 4 is 34.0 Å². The third kappa shape index (κ3) is 4.40. The smallest absolute Gasteiger partial charge is 0.425 e. The quantitative estimate of drug-likeness (QED) is 0.494. The fourth-order valence-electron chi connectivity index (χ4n) is 3.83. The predicted octanol–water partition coefficient (Wildman–Crippen LogP) is 5.30. The molecule has 1 aliphatic carbocycles. The van der Waals surface area contributed by atoms with Crippen molar-refractivity contribution in [2.45, 2.75) is 50.9 Å². The molecular formula is C23H21BrF3N3O4. The number of carbonyl (C=O) groups excluding carboxylic acids is 2. The Kier molecular flexibility index (Phi) is 6.17. The summed E-state index contributed by atoms with van der Waals surface area (Å²) >= 11 is 3.13. The van der Waals surface area contributed by atoms with Crippen LogP contribution in [-0.2, 0) is 15.0 Å². The molecule has 180 valence electrons. The Hall–Kier alpha value is -2.95. The molecule has 2 heterocycles. The molecular weight excluding hydrogens is 519 g/mol. The number of aromatic nitrogens is 1. The molecule has 1 aromatic heterocycles. The van der Waals surface area contributed by atoms with E-state index in [1.165, 1.54) is 18.2 Å². The van der Waals surface area contributed by atoms with Crippen LogP contribution in [0.4, 0.5) is 18.0 Å². The first kappa shape index (κ1) is 24.2. The van der Waals surface area contributed by atoms with Crippen LogP contribution in [0.2, 0.25) is 0 Å². The lowest BCUT2D eigenvalue weighted by Gasteiger charge is -2.35. The zero-order valence-corrected chi connectivity index (χ0v) is 20.1. The lowest BCUT2D eigenvalue weighted by Crippen LogP contribution is -2.51. The average molecular weight is 540 g/mol. The number of alkyl halides is 2. The zero-order chi connectivity index (χ0) is 24.8. The maximum absolute atomic E-state index is 14.7. The number of halogens is 4. The molecule has 3 atom stereocenters. The van der Waals surface area contributed by atoms with Crippen LogP contribution in [0.3, 0.4) is 0 Å². The minimum atomic E-state index is -3.18. The molecule has 11 heteroatoms. The van der Waals surface area contributed by atoms with Crippen LogP contribution in [0.15, 0.2) is 52.1 Å². The van der Waals surface area contributed by atoms with Gasteiger partial charge in [-0.05, 0) is 61.3 Å². The molecule has 0 radical (unpaired) electrons. The van der Waals surface area contributed by atoms with Crippen LogP contribution in [0, 0.1) is 11.9 Å². The zero-order valence-electron chi connectivity index (χ0n) is 18.5. The van der Waals surface area contributed by atoms with Crippen LogP contribution in [0.25, 0.3) is 0 Å². The minimum absolute atomic E-state index is 0.0792. The van der Waals surface area contributed by atoms with E-state index in [4.69, 9.17) is 9.47 Å². The highest BCUT2D eigenvalue weighted by Gasteiger charge is 2.65. The van der Waals surface area contributed by atoms with Crippen molar-refractivity contribution in [3.05, 3.63) is 64.1 Å². The van der Waals surface area contributed by atoms with Gasteiger partial charge >= 0.3 is 12.1 Å². The molecule has 0 bridgehead atoms. The number of hydrogen-bond acceptors (Lipinski definition) is 6. The summed E-state index contributed by atoms with van der Waals surface area (Å²) in [5.41, 5.74) is -3.79. The molecule has 1 saturated carbocycles. The SMILES string of the molecule is CC(C)(C)OC(=O)N(C(=O)c1ccccc1)C1=N[C@@](c2cc(Br)cnc2F)(C(F)F)[C@H]2C[C@H]2O1. The fraction of sp³-hybridized carbons (Fsp3) is 0.391. The predicted molar refractivity (Wildman–Crippen MR) is 119 cm³/mol. The number of hydrogen-bond donors (Lipinski definition) is 0. The highest BCUT2D eigenvalue weighted by atomic mass is 79.9. The second-order valence-corrected chi connectivity index (χ2v) is 9.91. The largest absolute Gasteiger partial charge is 0.461 e. The molecule has 2 amide bonds. The summed E-state index contributed by atoms with van der Waals surface area (Å²) in [4.78, 5) is 34.5. The summed E-state index contributed by atoms with van der Waals surface area (Å²) in [6.07, 6.45) is -3.87. The molecule has 1 aliphatic heterocycles. The summed E-state index contributed by atoms with van der Waals surface area (Å²) < 4.78 is 55.4. The van der Waals surface area contributed by atoms with Gasteiger partial charge in [-0.25, -0.2) is 23.6 Å². The van der Waals surface area contributed by atoms with Crippen LogP contribution in [0.5, 0.6) is 0 Å². The number of amides is 2. The summed E-state index contributed by atoms with van der Waals surface area (Å²) in [5, 5.41) is 0. The second kappa shape index (κ2) is 8.68. The van der Waals surface area contributed by atoms with Crippen molar-refractivity contribution in [2.24, 2.45) is 10.9 Å². The number of benzene rings is 1. The third-order valence-electron chi connectivity index (χ3n) is 5.40. The van der Waals surface area contributed by atoms with Crippen LogP contribution < -0.4 is 0 Å². The average Bonchev–Trinajstić information content (AvgIpc) is 3.54. The van der Waals surface area contributed by atoms with E-state index >= 15 is 0 Å². The van der Waals surface area contributed by atoms with Gasteiger partial charge in [0.05, 0.1) is 0 Å². The lowest BCUT2D eigenvalue weighted by molar-refractivity contribution is 0.00618. The Labute approximate surface area is 202 Å². The Morgan fingerprint density at radius 2 is 1.94 bits per heavy atom. The summed E-state index contributed by atoms with van der Waals surface area (Å²) in [5.74, 6) is -2.88. The monoisotopic (exact) mass is 539 g/mol. The number of imide groups is 1. The number of carbonyl (C=O) groups is 2. The first-order valence-electron chi connectivity index (χ1n) is 10.4. The van der Waals surface area contributed by atoms with Crippen LogP contribution >= 0.6 is 15.9 Å². The van der Waals surface area contributed by atoms with Crippen molar-refractivity contribution in [3.8, 4) is 0 Å². The van der Waals surface area contributed by atoms with Gasteiger partial charge in [-0.1, -0.05) is 18.2 Å². The Bertz CT molecular complexity index is 1160. The summed E-state index contributed by atoms with van der Waals surface area (Å²) in [7, 11) is 0. The summed E-state index contributed by atoms with van der Waals surface area (Å²) in [6.45, 7) is 4.76. The number of ether oxygens (including phenoxy) is 2. The summed E-state index contributed by atoms with van der Waals surface area (Å²) in [6, 6.07) is 8.21. The number of fused-ring (bicyclic) bond motifs is 1. The van der Waals surface area contributed by atoms with Gasteiger partial charge in [-0.15, -0.1) is 0 Å². The van der Waals surface area contributed by atoms with E-state index in [1.54, 1.807) is 39.0 Å². The van der Waals surface area contributed by atoms with Gasteiger partial charge in [0.15, 0.2) is 5.54 Å². The first-order valence-corrected chi connectivity index (χ1v) is 11.2. The van der Waals surface area contributed by atoms with Crippen molar-refractivity contribution < 1.29 is 32.2 Å². The van der Waals surface area contributed by atoms with Crippen molar-refractivity contribution in [1.29, 1.82) is 0 Å². The van der Waals surface area contributed by atoms with Crippen LogP contribution in [-0.4, -0.2) is 46.0 Å². The van der Waals surface area contributed by atoms with E-state index < -0.39 is 59.1 Å². The standard InChI is InChI=1S/C23H21BrF3N3O4/c1-22(2,3)34-21(32)30(18(31)12-7-5-4-6-8-12)20-29-23(19(26)27,14-10-16(14)33-20)15-9-13(24)11-28-17(15)25/h4-9,11,14,16,19H,10H2,1-3H3/t14-,16+,23-/m0/s1. The maximum atomic E-state index is 14.7. The van der Waals surface area contributed by atoms with E-state index in [2.05, 4.69) is 25.9 Å². The number of pyridine rings is 1. The molecule has 1 aromatic carbocycles. The molecule has 7 nitrogen and oxygen atoms in total. The maximum Gasteiger partial charge on any atom is 0.425 e. The van der Waals surface area contributed by atoms with E-state index in [-0.39, 0.29) is 16.5 Å². The molecule has 2 aliphatic rings.